The van der Waals surface area contributed by atoms with Crippen molar-refractivity contribution in [3.05, 3.63) is 16.7 Å². The van der Waals surface area contributed by atoms with E-state index >= 15 is 4.39 Å². The van der Waals surface area contributed by atoms with Crippen molar-refractivity contribution in [2.24, 2.45) is 10.8 Å². The van der Waals surface area contributed by atoms with Crippen molar-refractivity contribution in [2.75, 3.05) is 19.3 Å². The number of phosphoric acid groups is 1. The van der Waals surface area contributed by atoms with E-state index in [2.05, 4.69) is 15.0 Å². The van der Waals surface area contributed by atoms with Crippen LogP contribution in [0, 0.1) is 10.8 Å². The van der Waals surface area contributed by atoms with Crippen molar-refractivity contribution in [2.45, 2.75) is 85.6 Å². The molecule has 2 aromatic heterocycles. The molecule has 3 rings (SSSR count). The van der Waals surface area contributed by atoms with Crippen molar-refractivity contribution >= 4 is 36.9 Å². The normalized spacial score (nSPS) is 23.6. The van der Waals surface area contributed by atoms with Crippen LogP contribution in [0.15, 0.2) is 11.1 Å². The summed E-state index contributed by atoms with van der Waals surface area (Å²) < 4.78 is 61.9. The number of carbonyl (C=O) groups is 2. The van der Waals surface area contributed by atoms with Crippen molar-refractivity contribution in [3.8, 4) is 0 Å². The predicted octanol–water partition coefficient (Wildman–Crippen LogP) is 2.33. The zero-order valence-corrected chi connectivity index (χ0v) is 25.3. The summed E-state index contributed by atoms with van der Waals surface area (Å²) in [5.74, 6) is -1.65. The average Bonchev–Trinajstić information content (AvgIpc) is 3.29. The lowest BCUT2D eigenvalue weighted by molar-refractivity contribution is -0.225. The Labute approximate surface area is 240 Å². The summed E-state index contributed by atoms with van der Waals surface area (Å²) in [5.41, 5.74) is 2.89. The highest BCUT2D eigenvalue weighted by molar-refractivity contribution is 7.48. The number of hydrogen-bond donors (Lipinski definition) is 3. The highest BCUT2D eigenvalue weighted by Gasteiger charge is 2.50. The summed E-state index contributed by atoms with van der Waals surface area (Å²) in [6, 6.07) is 0. The van der Waals surface area contributed by atoms with Crippen LogP contribution in [0.3, 0.4) is 0 Å². The summed E-state index contributed by atoms with van der Waals surface area (Å²) in [4.78, 5) is 46.6. The van der Waals surface area contributed by atoms with Crippen LogP contribution in [0.25, 0.3) is 11.2 Å². The van der Waals surface area contributed by atoms with Gasteiger partial charge in [-0.2, -0.15) is 4.98 Å². The zero-order chi connectivity index (χ0) is 31.6. The molecule has 0 saturated carbocycles. The average molecular weight is 622 g/mol. The summed E-state index contributed by atoms with van der Waals surface area (Å²) in [7, 11) is -4.81. The number of ether oxygens (including phenoxy) is 3. The number of esters is 2. The lowest BCUT2D eigenvalue weighted by atomic mass is 9.97. The number of hydrogen-bond acceptors (Lipinski definition) is 14. The molecule has 4 N–H and O–H groups in total. The monoisotopic (exact) mass is 621 g/mol. The molecule has 0 bridgehead atoms. The smallest absolute Gasteiger partial charge is 0.437 e. The van der Waals surface area contributed by atoms with Crippen molar-refractivity contribution in [3.63, 3.8) is 0 Å². The number of aliphatic hydroxyl groups excluding tert-OH is 1. The number of halogens is 1. The van der Waals surface area contributed by atoms with Gasteiger partial charge in [0.25, 0.3) is 5.56 Å². The van der Waals surface area contributed by atoms with E-state index < -0.39 is 80.4 Å². The fraction of sp³-hybridized carbons (Fsp3) is 0.708. The Morgan fingerprint density at radius 2 is 1.69 bits per heavy atom. The first-order valence-corrected chi connectivity index (χ1v) is 14.5. The van der Waals surface area contributed by atoms with Gasteiger partial charge in [0.2, 0.25) is 19.5 Å². The number of H-pyrrole nitrogens is 1. The van der Waals surface area contributed by atoms with Gasteiger partial charge in [-0.1, -0.05) is 6.92 Å². The number of imidazole rings is 1. The number of nitrogens with zero attached hydrogens (tertiary/aromatic N) is 3. The van der Waals surface area contributed by atoms with Crippen LogP contribution in [0.1, 0.15) is 61.1 Å². The molecule has 0 radical (unpaired) electrons. The van der Waals surface area contributed by atoms with E-state index in [1.165, 1.54) is 0 Å². The number of aromatic nitrogens is 4. The topological polar surface area (TPSA) is 216 Å². The summed E-state index contributed by atoms with van der Waals surface area (Å²) in [6.45, 7) is 9.31. The first kappa shape index (κ1) is 33.6. The van der Waals surface area contributed by atoms with E-state index in [0.717, 1.165) is 10.9 Å². The Morgan fingerprint density at radius 1 is 1.14 bits per heavy atom. The molecule has 1 saturated heterocycles. The second-order valence-corrected chi connectivity index (χ2v) is 13.2. The number of alkyl halides is 1. The Morgan fingerprint density at radius 3 is 2.19 bits per heavy atom. The largest absolute Gasteiger partial charge is 0.481 e. The fourth-order valence-electron chi connectivity index (χ4n) is 3.68. The Hall–Kier alpha value is -2.95. The third kappa shape index (κ3) is 7.71. The van der Waals surface area contributed by atoms with Crippen LogP contribution in [0.2, 0.25) is 0 Å². The number of aromatic amines is 1. The van der Waals surface area contributed by atoms with Gasteiger partial charge >= 0.3 is 19.8 Å². The van der Waals surface area contributed by atoms with Crippen LogP contribution in [0.4, 0.5) is 10.3 Å². The van der Waals surface area contributed by atoms with E-state index in [-0.39, 0.29) is 23.5 Å². The number of anilines is 1. The quantitative estimate of drug-likeness (QED) is 0.197. The molecule has 3 unspecified atom stereocenters. The number of phosphoric ester groups is 1. The molecule has 236 valence electrons. The van der Waals surface area contributed by atoms with E-state index in [9.17, 15) is 24.1 Å². The summed E-state index contributed by atoms with van der Waals surface area (Å²) >= 11 is 0. The number of aliphatic hydroxyl groups is 1. The van der Waals surface area contributed by atoms with Gasteiger partial charge in [0, 0.05) is 0 Å². The van der Waals surface area contributed by atoms with E-state index in [0.29, 0.717) is 0 Å². The zero-order valence-electron chi connectivity index (χ0n) is 24.4. The minimum absolute atomic E-state index is 0.0935. The Bertz CT molecular complexity index is 1350. The molecule has 18 heteroatoms. The van der Waals surface area contributed by atoms with Gasteiger partial charge in [-0.15, -0.1) is 0 Å². The molecule has 2 aromatic rings. The third-order valence-electron chi connectivity index (χ3n) is 6.02. The van der Waals surface area contributed by atoms with Crippen LogP contribution in [-0.4, -0.2) is 74.6 Å². The lowest BCUT2D eigenvalue weighted by Crippen LogP contribution is -2.54. The van der Waals surface area contributed by atoms with Gasteiger partial charge in [-0.05, 0) is 48.0 Å². The van der Waals surface area contributed by atoms with Gasteiger partial charge in [-0.3, -0.25) is 28.5 Å². The molecule has 42 heavy (non-hydrogen) atoms. The highest BCUT2D eigenvalue weighted by atomic mass is 31.2. The Kier molecular flexibility index (Phi) is 10.2. The molecule has 1 fully saturated rings. The molecule has 5 atom stereocenters. The second-order valence-electron chi connectivity index (χ2n) is 11.6. The predicted molar refractivity (Wildman–Crippen MR) is 143 cm³/mol. The SMILES string of the molecule is CCC1O[C@@H](n2cnc3c(=O)[nH]c(N)nc32)[C@H](F)C(O)C1OP(=O)(OCOC(=O)C(C)(C)C)OCOC(=O)C(C)(C)C. The molecule has 0 spiro atoms. The maximum absolute atomic E-state index is 15.7. The molecule has 0 aliphatic carbocycles. The first-order valence-electron chi connectivity index (χ1n) is 13.0. The van der Waals surface area contributed by atoms with Crippen molar-refractivity contribution in [1.29, 1.82) is 0 Å². The number of rotatable bonds is 10. The molecular weight excluding hydrogens is 584 g/mol. The maximum Gasteiger partial charge on any atom is 0.481 e. The number of fused-ring (bicyclic) bond motifs is 1. The second kappa shape index (κ2) is 12.7. The fourth-order valence-corrected chi connectivity index (χ4v) is 4.80. The molecule has 16 nitrogen and oxygen atoms in total. The maximum atomic E-state index is 15.7. The number of nitrogens with two attached hydrogens (primary N) is 1. The highest BCUT2D eigenvalue weighted by Crippen LogP contribution is 2.53. The minimum Gasteiger partial charge on any atom is -0.437 e. The minimum atomic E-state index is -4.81. The lowest BCUT2D eigenvalue weighted by Gasteiger charge is -2.42. The van der Waals surface area contributed by atoms with Gasteiger partial charge in [0.1, 0.15) is 12.2 Å². The van der Waals surface area contributed by atoms with E-state index in [4.69, 9.17) is 33.5 Å². The first-order chi connectivity index (χ1) is 19.4. The number of nitrogens with one attached hydrogen (secondary N) is 1. The van der Waals surface area contributed by atoms with Crippen LogP contribution in [0.5, 0.6) is 0 Å². The molecule has 1 aliphatic heterocycles. The van der Waals surface area contributed by atoms with Crippen LogP contribution in [-0.2, 0) is 41.9 Å². The van der Waals surface area contributed by atoms with Gasteiger partial charge in [0.05, 0.1) is 23.3 Å². The van der Waals surface area contributed by atoms with E-state index in [1.807, 2.05) is 0 Å². The molecule has 3 heterocycles. The van der Waals surface area contributed by atoms with Crippen molar-refractivity contribution in [1.82, 2.24) is 19.5 Å². The van der Waals surface area contributed by atoms with Gasteiger partial charge < -0.3 is 25.1 Å². The van der Waals surface area contributed by atoms with Crippen LogP contribution < -0.4 is 11.3 Å². The van der Waals surface area contributed by atoms with Gasteiger partial charge in [0.15, 0.2) is 23.6 Å². The van der Waals surface area contributed by atoms with Gasteiger partial charge in [-0.25, -0.2) is 23.0 Å². The molecular formula is C24H37FN5O11P. The molecule has 0 amide bonds. The third-order valence-corrected chi connectivity index (χ3v) is 7.37. The summed E-state index contributed by atoms with van der Waals surface area (Å²) in [6.07, 6.45) is -7.31. The molecule has 0 aromatic carbocycles. The number of carbonyl (C=O) groups excluding carboxylic acids is 2. The summed E-state index contributed by atoms with van der Waals surface area (Å²) in [5, 5.41) is 11.0. The van der Waals surface area contributed by atoms with Crippen LogP contribution >= 0.6 is 7.82 Å². The standard InChI is InChI=1S/C24H37FN5O11P/c1-8-12-16(15(31)13(25)19(40-12)30-9-27-14-17(30)28-22(26)29-18(14)32)41-42(35,38-10-36-20(33)23(2,3)4)39-11-37-21(34)24(5,6)7/h9,12-13,15-16,19,31H,8,10-11H2,1-7H3,(H3,26,28,29,32)/t12?,13-,15?,16?,19-/m1/s1. The molecule has 1 aliphatic rings. The van der Waals surface area contributed by atoms with Crippen molar-refractivity contribution < 1.29 is 51.4 Å². The number of nitrogen functional groups attached to an aromatic ring is 1. The Balaban J connectivity index is 1.84. The van der Waals surface area contributed by atoms with E-state index in [1.54, 1.807) is 48.5 Å².